The fourth-order valence-electron chi connectivity index (χ4n) is 3.87. The second-order valence-corrected chi connectivity index (χ2v) is 8.16. The van der Waals surface area contributed by atoms with Crippen molar-refractivity contribution in [1.82, 2.24) is 15.2 Å². The van der Waals surface area contributed by atoms with Gasteiger partial charge in [-0.25, -0.2) is 4.39 Å². The molecule has 1 aromatic heterocycles. The zero-order valence-electron chi connectivity index (χ0n) is 19.2. The molecule has 0 radical (unpaired) electrons. The molecule has 35 heavy (non-hydrogen) atoms. The van der Waals surface area contributed by atoms with Gasteiger partial charge in [0, 0.05) is 12.7 Å². The second-order valence-electron chi connectivity index (χ2n) is 8.16. The summed E-state index contributed by atoms with van der Waals surface area (Å²) in [6, 6.07) is 29.2. The first-order valence-corrected chi connectivity index (χ1v) is 11.4. The van der Waals surface area contributed by atoms with Crippen LogP contribution in [0.2, 0.25) is 0 Å². The lowest BCUT2D eigenvalue weighted by Crippen LogP contribution is -2.44. The van der Waals surface area contributed by atoms with Crippen LogP contribution in [0.1, 0.15) is 28.4 Å². The quantitative estimate of drug-likeness (QED) is 0.383. The van der Waals surface area contributed by atoms with Crippen molar-refractivity contribution in [2.75, 3.05) is 0 Å². The molecular formula is C29H26FN3O2. The zero-order valence-corrected chi connectivity index (χ0v) is 19.2. The van der Waals surface area contributed by atoms with Gasteiger partial charge in [-0.05, 0) is 41.0 Å². The van der Waals surface area contributed by atoms with E-state index in [0.29, 0.717) is 11.3 Å². The fraction of sp³-hybridized carbons (Fsp3) is 0.138. The molecule has 5 nitrogen and oxygen atoms in total. The molecule has 1 unspecified atom stereocenters. The van der Waals surface area contributed by atoms with Crippen molar-refractivity contribution >= 4 is 11.8 Å². The summed E-state index contributed by atoms with van der Waals surface area (Å²) in [5.74, 6) is -0.878. The highest BCUT2D eigenvalue weighted by Crippen LogP contribution is 2.25. The molecule has 4 rings (SSSR count). The molecule has 3 aromatic carbocycles. The summed E-state index contributed by atoms with van der Waals surface area (Å²) in [5, 5.41) is 2.94. The normalized spacial score (nSPS) is 11.5. The van der Waals surface area contributed by atoms with Gasteiger partial charge in [0.2, 0.25) is 11.8 Å². The molecule has 2 amide bonds. The number of hydrogen-bond acceptors (Lipinski definition) is 3. The van der Waals surface area contributed by atoms with Gasteiger partial charge in [-0.3, -0.25) is 14.6 Å². The largest absolute Gasteiger partial charge is 0.348 e. The van der Waals surface area contributed by atoms with Crippen LogP contribution in [0.4, 0.5) is 4.39 Å². The summed E-state index contributed by atoms with van der Waals surface area (Å²) in [4.78, 5) is 33.0. The predicted octanol–water partition coefficient (Wildman–Crippen LogP) is 4.85. The Balaban J connectivity index is 1.66. The number of halogens is 1. The predicted molar refractivity (Wildman–Crippen MR) is 132 cm³/mol. The van der Waals surface area contributed by atoms with E-state index in [2.05, 4.69) is 10.3 Å². The Kier molecular flexibility index (Phi) is 7.96. The third-order valence-corrected chi connectivity index (χ3v) is 5.63. The molecule has 1 atom stereocenters. The Bertz CT molecular complexity index is 1230. The van der Waals surface area contributed by atoms with Gasteiger partial charge in [-0.1, -0.05) is 78.9 Å². The molecule has 0 aliphatic rings. The van der Waals surface area contributed by atoms with Crippen molar-refractivity contribution in [1.29, 1.82) is 0 Å². The number of pyridine rings is 1. The Morgan fingerprint density at radius 1 is 0.800 bits per heavy atom. The zero-order chi connectivity index (χ0) is 24.5. The highest BCUT2D eigenvalue weighted by atomic mass is 19.1. The van der Waals surface area contributed by atoms with Crippen LogP contribution in [-0.2, 0) is 29.1 Å². The third kappa shape index (κ3) is 6.60. The number of nitrogens with zero attached hydrogens (tertiary/aromatic N) is 2. The van der Waals surface area contributed by atoms with Gasteiger partial charge in [0.05, 0.1) is 18.7 Å². The van der Waals surface area contributed by atoms with E-state index < -0.39 is 6.04 Å². The molecule has 0 aliphatic heterocycles. The number of rotatable bonds is 9. The van der Waals surface area contributed by atoms with Gasteiger partial charge in [-0.15, -0.1) is 0 Å². The van der Waals surface area contributed by atoms with E-state index in [1.807, 2.05) is 78.9 Å². The first-order chi connectivity index (χ1) is 17.1. The number of benzene rings is 3. The Morgan fingerprint density at radius 3 is 2.11 bits per heavy atom. The number of carbonyl (C=O) groups excluding carboxylic acids is 2. The molecule has 1 N–H and O–H groups in total. The number of amides is 2. The van der Waals surface area contributed by atoms with Gasteiger partial charge in [0.15, 0.2) is 0 Å². The molecule has 4 aromatic rings. The van der Waals surface area contributed by atoms with Crippen molar-refractivity contribution in [3.63, 3.8) is 0 Å². The number of aromatic nitrogens is 1. The van der Waals surface area contributed by atoms with E-state index in [4.69, 9.17) is 0 Å². The summed E-state index contributed by atoms with van der Waals surface area (Å²) in [5.41, 5.74) is 2.98. The van der Waals surface area contributed by atoms with Crippen LogP contribution < -0.4 is 5.32 Å². The highest BCUT2D eigenvalue weighted by Gasteiger charge is 2.31. The SMILES string of the molecule is O=C(NCc1ccccn1)C(c1ccccc1)N(Cc1ccc(F)cc1)C(=O)Cc1ccccc1. The van der Waals surface area contributed by atoms with E-state index in [1.54, 1.807) is 23.2 Å². The van der Waals surface area contributed by atoms with Crippen LogP contribution in [0, 0.1) is 5.82 Å². The maximum absolute atomic E-state index is 13.6. The van der Waals surface area contributed by atoms with E-state index in [-0.39, 0.29) is 37.1 Å². The molecule has 176 valence electrons. The van der Waals surface area contributed by atoms with Crippen molar-refractivity contribution in [2.24, 2.45) is 0 Å². The minimum absolute atomic E-state index is 0.138. The van der Waals surface area contributed by atoms with E-state index in [9.17, 15) is 14.0 Å². The van der Waals surface area contributed by atoms with Crippen molar-refractivity contribution in [2.45, 2.75) is 25.6 Å². The fourth-order valence-corrected chi connectivity index (χ4v) is 3.87. The molecule has 0 saturated heterocycles. The lowest BCUT2D eigenvalue weighted by atomic mass is 10.0. The first kappa shape index (κ1) is 23.8. The molecule has 0 aliphatic carbocycles. The smallest absolute Gasteiger partial charge is 0.247 e. The molecule has 0 spiro atoms. The van der Waals surface area contributed by atoms with Gasteiger partial charge in [-0.2, -0.15) is 0 Å². The minimum Gasteiger partial charge on any atom is -0.348 e. The Labute approximate surface area is 204 Å². The van der Waals surface area contributed by atoms with E-state index >= 15 is 0 Å². The summed E-state index contributed by atoms with van der Waals surface area (Å²) >= 11 is 0. The number of carbonyl (C=O) groups is 2. The maximum Gasteiger partial charge on any atom is 0.247 e. The lowest BCUT2D eigenvalue weighted by Gasteiger charge is -2.32. The molecule has 0 fully saturated rings. The summed E-state index contributed by atoms with van der Waals surface area (Å²) in [6.07, 6.45) is 1.80. The van der Waals surface area contributed by atoms with E-state index in [1.165, 1.54) is 12.1 Å². The van der Waals surface area contributed by atoms with Gasteiger partial charge in [0.1, 0.15) is 11.9 Å². The van der Waals surface area contributed by atoms with Crippen molar-refractivity contribution < 1.29 is 14.0 Å². The average Bonchev–Trinajstić information content (AvgIpc) is 2.90. The first-order valence-electron chi connectivity index (χ1n) is 11.4. The molecule has 6 heteroatoms. The molecule has 0 saturated carbocycles. The van der Waals surface area contributed by atoms with Gasteiger partial charge < -0.3 is 10.2 Å². The Hall–Kier alpha value is -4.32. The summed E-state index contributed by atoms with van der Waals surface area (Å²) < 4.78 is 13.5. The molecule has 0 bridgehead atoms. The number of hydrogen-bond donors (Lipinski definition) is 1. The van der Waals surface area contributed by atoms with Crippen LogP contribution in [0.3, 0.4) is 0 Å². The minimum atomic E-state index is -0.874. The second kappa shape index (κ2) is 11.7. The monoisotopic (exact) mass is 467 g/mol. The van der Waals surface area contributed by atoms with Crippen LogP contribution in [0.5, 0.6) is 0 Å². The Morgan fingerprint density at radius 2 is 1.46 bits per heavy atom. The number of nitrogens with one attached hydrogen (secondary N) is 1. The highest BCUT2D eigenvalue weighted by molar-refractivity contribution is 5.89. The summed E-state index contributed by atoms with van der Waals surface area (Å²) in [6.45, 7) is 0.392. The third-order valence-electron chi connectivity index (χ3n) is 5.63. The summed E-state index contributed by atoms with van der Waals surface area (Å²) in [7, 11) is 0. The molecule has 1 heterocycles. The lowest BCUT2D eigenvalue weighted by molar-refractivity contribution is -0.141. The average molecular weight is 468 g/mol. The van der Waals surface area contributed by atoms with Crippen LogP contribution in [0.15, 0.2) is 109 Å². The van der Waals surface area contributed by atoms with E-state index in [0.717, 1.165) is 11.1 Å². The maximum atomic E-state index is 13.6. The molecular weight excluding hydrogens is 441 g/mol. The van der Waals surface area contributed by atoms with Crippen LogP contribution >= 0.6 is 0 Å². The van der Waals surface area contributed by atoms with Crippen LogP contribution in [0.25, 0.3) is 0 Å². The topological polar surface area (TPSA) is 62.3 Å². The standard InChI is InChI=1S/C29H26FN3O2/c30-25-16-14-23(15-17-25)21-33(27(34)19-22-9-3-1-4-10-22)28(24-11-5-2-6-12-24)29(35)32-20-26-13-7-8-18-31-26/h1-18,28H,19-21H2,(H,32,35). The van der Waals surface area contributed by atoms with Crippen LogP contribution in [-0.4, -0.2) is 21.7 Å². The van der Waals surface area contributed by atoms with Gasteiger partial charge >= 0.3 is 0 Å². The van der Waals surface area contributed by atoms with Crippen molar-refractivity contribution in [3.8, 4) is 0 Å². The van der Waals surface area contributed by atoms with Crippen molar-refractivity contribution in [3.05, 3.63) is 138 Å². The van der Waals surface area contributed by atoms with Gasteiger partial charge in [0.25, 0.3) is 0 Å².